The van der Waals surface area contributed by atoms with Gasteiger partial charge in [-0.1, -0.05) is 30.5 Å². The summed E-state index contributed by atoms with van der Waals surface area (Å²) in [6.07, 6.45) is 4.54. The van der Waals surface area contributed by atoms with Gasteiger partial charge in [-0.15, -0.1) is 0 Å². The van der Waals surface area contributed by atoms with Crippen molar-refractivity contribution in [2.24, 2.45) is 11.8 Å². The highest BCUT2D eigenvalue weighted by Crippen LogP contribution is 2.32. The van der Waals surface area contributed by atoms with Gasteiger partial charge in [0.25, 0.3) is 0 Å². The number of ether oxygens (including phenoxy) is 2. The molecule has 0 amide bonds. The van der Waals surface area contributed by atoms with Crippen molar-refractivity contribution in [2.75, 3.05) is 13.7 Å². The molecular weight excluding hydrogens is 264 g/mol. The van der Waals surface area contributed by atoms with Crippen LogP contribution in [0.3, 0.4) is 0 Å². The maximum absolute atomic E-state index is 11.9. The summed E-state index contributed by atoms with van der Waals surface area (Å²) in [5, 5.41) is 0.632. The van der Waals surface area contributed by atoms with E-state index < -0.39 is 0 Å². The van der Waals surface area contributed by atoms with E-state index in [1.54, 1.807) is 12.1 Å². The number of hydrogen-bond acceptors (Lipinski definition) is 3. The van der Waals surface area contributed by atoms with Crippen LogP contribution in [-0.2, 0) is 9.53 Å². The van der Waals surface area contributed by atoms with Gasteiger partial charge >= 0.3 is 5.97 Å². The third-order valence-corrected chi connectivity index (χ3v) is 3.93. The van der Waals surface area contributed by atoms with E-state index in [0.717, 1.165) is 12.8 Å². The van der Waals surface area contributed by atoms with E-state index >= 15 is 0 Å². The summed E-state index contributed by atoms with van der Waals surface area (Å²) in [4.78, 5) is 11.9. The lowest BCUT2D eigenvalue weighted by Gasteiger charge is -2.21. The van der Waals surface area contributed by atoms with E-state index in [0.29, 0.717) is 23.3 Å². The van der Waals surface area contributed by atoms with Gasteiger partial charge in [-0.25, -0.2) is 0 Å². The third-order valence-electron chi connectivity index (χ3n) is 3.70. The number of halogens is 1. The molecule has 0 saturated heterocycles. The summed E-state index contributed by atoms with van der Waals surface area (Å²) in [7, 11) is 1.43. The largest absolute Gasteiger partial charge is 0.493 e. The number of rotatable bonds is 5. The first-order valence-electron chi connectivity index (χ1n) is 6.67. The first kappa shape index (κ1) is 14.2. The van der Waals surface area contributed by atoms with Gasteiger partial charge in [-0.05, 0) is 37.0 Å². The fraction of sp³-hybridized carbons (Fsp3) is 0.533. The molecule has 1 aromatic carbocycles. The highest BCUT2D eigenvalue weighted by molar-refractivity contribution is 6.30. The van der Waals surface area contributed by atoms with Gasteiger partial charge in [-0.3, -0.25) is 4.79 Å². The molecule has 2 rings (SSSR count). The van der Waals surface area contributed by atoms with Gasteiger partial charge in [0, 0.05) is 5.02 Å². The maximum atomic E-state index is 11.9. The Bertz CT molecular complexity index is 427. The van der Waals surface area contributed by atoms with Crippen LogP contribution in [0, 0.1) is 11.8 Å². The monoisotopic (exact) mass is 282 g/mol. The minimum atomic E-state index is -0.175. The van der Waals surface area contributed by atoms with E-state index in [9.17, 15) is 4.79 Å². The van der Waals surface area contributed by atoms with Crippen molar-refractivity contribution in [2.45, 2.75) is 25.7 Å². The molecule has 4 heteroatoms. The standard InChI is InChI=1S/C15H19ClO3/c1-18-15(17)14(11-5-2-3-6-11)10-19-13-8-4-7-12(16)9-13/h4,7-9,11,14H,2-3,5-6,10H2,1H3. The van der Waals surface area contributed by atoms with Crippen LogP contribution in [-0.4, -0.2) is 19.7 Å². The lowest BCUT2D eigenvalue weighted by molar-refractivity contribution is -0.148. The number of benzene rings is 1. The van der Waals surface area contributed by atoms with Crippen molar-refractivity contribution in [3.63, 3.8) is 0 Å². The average molecular weight is 283 g/mol. The molecule has 1 aromatic rings. The zero-order chi connectivity index (χ0) is 13.7. The van der Waals surface area contributed by atoms with E-state index in [4.69, 9.17) is 21.1 Å². The van der Waals surface area contributed by atoms with Crippen molar-refractivity contribution in [3.05, 3.63) is 29.3 Å². The molecule has 1 saturated carbocycles. The minimum Gasteiger partial charge on any atom is -0.493 e. The Kier molecular flexibility index (Phi) is 5.08. The van der Waals surface area contributed by atoms with Gasteiger partial charge in [-0.2, -0.15) is 0 Å². The molecule has 0 aromatic heterocycles. The Balaban J connectivity index is 1.97. The highest BCUT2D eigenvalue weighted by atomic mass is 35.5. The average Bonchev–Trinajstić information content (AvgIpc) is 2.92. The van der Waals surface area contributed by atoms with Crippen molar-refractivity contribution >= 4 is 17.6 Å². The summed E-state index contributed by atoms with van der Waals surface area (Å²) in [6, 6.07) is 7.23. The zero-order valence-electron chi connectivity index (χ0n) is 11.1. The molecule has 1 aliphatic carbocycles. The lowest BCUT2D eigenvalue weighted by atomic mass is 9.91. The third kappa shape index (κ3) is 3.87. The van der Waals surface area contributed by atoms with E-state index in [-0.39, 0.29) is 11.9 Å². The van der Waals surface area contributed by atoms with E-state index in [1.807, 2.05) is 12.1 Å². The highest BCUT2D eigenvalue weighted by Gasteiger charge is 2.32. The zero-order valence-corrected chi connectivity index (χ0v) is 11.9. The van der Waals surface area contributed by atoms with Crippen molar-refractivity contribution < 1.29 is 14.3 Å². The van der Waals surface area contributed by atoms with Gasteiger partial charge in [0.2, 0.25) is 0 Å². The second-order valence-corrected chi connectivity index (χ2v) is 5.38. The Morgan fingerprint density at radius 2 is 2.16 bits per heavy atom. The van der Waals surface area contributed by atoms with Crippen LogP contribution in [0.1, 0.15) is 25.7 Å². The summed E-state index contributed by atoms with van der Waals surface area (Å²) >= 11 is 5.91. The van der Waals surface area contributed by atoms with Crippen molar-refractivity contribution in [3.8, 4) is 5.75 Å². The van der Waals surface area contributed by atoms with Crippen LogP contribution in [0.25, 0.3) is 0 Å². The first-order valence-corrected chi connectivity index (χ1v) is 7.04. The topological polar surface area (TPSA) is 35.5 Å². The van der Waals surface area contributed by atoms with Gasteiger partial charge in [0.1, 0.15) is 12.4 Å². The molecule has 0 aliphatic heterocycles. The molecule has 0 N–H and O–H groups in total. The Morgan fingerprint density at radius 1 is 1.42 bits per heavy atom. The number of hydrogen-bond donors (Lipinski definition) is 0. The van der Waals surface area contributed by atoms with Crippen LogP contribution in [0.15, 0.2) is 24.3 Å². The fourth-order valence-corrected chi connectivity index (χ4v) is 2.83. The van der Waals surface area contributed by atoms with Gasteiger partial charge in [0.15, 0.2) is 0 Å². The molecule has 1 aliphatic rings. The minimum absolute atomic E-state index is 0.172. The van der Waals surface area contributed by atoms with Gasteiger partial charge < -0.3 is 9.47 Å². The first-order chi connectivity index (χ1) is 9.20. The molecule has 3 nitrogen and oxygen atoms in total. The number of carbonyl (C=O) groups excluding carboxylic acids is 1. The normalized spacial score (nSPS) is 17.2. The molecule has 19 heavy (non-hydrogen) atoms. The molecule has 1 unspecified atom stereocenters. The second-order valence-electron chi connectivity index (χ2n) is 4.94. The predicted octanol–water partition coefficient (Wildman–Crippen LogP) is 3.70. The number of esters is 1. The van der Waals surface area contributed by atoms with Gasteiger partial charge in [0.05, 0.1) is 13.0 Å². The SMILES string of the molecule is COC(=O)C(COc1cccc(Cl)c1)C1CCCC1. The predicted molar refractivity (Wildman–Crippen MR) is 74.4 cm³/mol. The molecule has 0 bridgehead atoms. The summed E-state index contributed by atoms with van der Waals surface area (Å²) < 4.78 is 10.6. The number of carbonyl (C=O) groups is 1. The molecule has 1 atom stereocenters. The molecule has 104 valence electrons. The molecule has 1 fully saturated rings. The Hall–Kier alpha value is -1.22. The Labute approximate surface area is 118 Å². The van der Waals surface area contributed by atoms with Crippen molar-refractivity contribution in [1.82, 2.24) is 0 Å². The number of methoxy groups -OCH3 is 1. The molecule has 0 radical (unpaired) electrons. The lowest BCUT2D eigenvalue weighted by Crippen LogP contribution is -2.29. The molecule has 0 heterocycles. The smallest absolute Gasteiger partial charge is 0.312 e. The van der Waals surface area contributed by atoms with Crippen LogP contribution in [0.4, 0.5) is 0 Å². The second kappa shape index (κ2) is 6.80. The van der Waals surface area contributed by atoms with E-state index in [1.165, 1.54) is 20.0 Å². The Morgan fingerprint density at radius 3 is 2.79 bits per heavy atom. The van der Waals surface area contributed by atoms with Crippen LogP contribution < -0.4 is 4.74 Å². The van der Waals surface area contributed by atoms with Crippen molar-refractivity contribution in [1.29, 1.82) is 0 Å². The van der Waals surface area contributed by atoms with Crippen LogP contribution >= 0.6 is 11.6 Å². The van der Waals surface area contributed by atoms with Crippen LogP contribution in [0.2, 0.25) is 5.02 Å². The molecule has 0 spiro atoms. The summed E-state index contributed by atoms with van der Waals surface area (Å²) in [5.74, 6) is 0.728. The quantitative estimate of drug-likeness (QED) is 0.773. The fourth-order valence-electron chi connectivity index (χ4n) is 2.65. The summed E-state index contributed by atoms with van der Waals surface area (Å²) in [6.45, 7) is 0.359. The summed E-state index contributed by atoms with van der Waals surface area (Å²) in [5.41, 5.74) is 0. The van der Waals surface area contributed by atoms with Crippen LogP contribution in [0.5, 0.6) is 5.75 Å². The maximum Gasteiger partial charge on any atom is 0.312 e. The van der Waals surface area contributed by atoms with E-state index in [2.05, 4.69) is 0 Å². The molecular formula is C15H19ClO3.